The number of carbonyl (C=O) groups excluding carboxylic acids is 1. The van der Waals surface area contributed by atoms with Crippen molar-refractivity contribution in [1.82, 2.24) is 0 Å². The lowest BCUT2D eigenvalue weighted by Gasteiger charge is -2.23. The van der Waals surface area contributed by atoms with Gasteiger partial charge in [0.15, 0.2) is 0 Å². The van der Waals surface area contributed by atoms with Gasteiger partial charge in [-0.15, -0.1) is 0 Å². The van der Waals surface area contributed by atoms with Gasteiger partial charge in [-0.05, 0) is 39.0 Å². The number of nitrogens with two attached hydrogens (primary N) is 1. The number of rotatable bonds is 3. The molecular formula is C10H19NO2. The van der Waals surface area contributed by atoms with E-state index in [-0.39, 0.29) is 12.1 Å². The molecule has 1 rings (SSSR count). The summed E-state index contributed by atoms with van der Waals surface area (Å²) in [7, 11) is 0. The van der Waals surface area contributed by atoms with Crippen molar-refractivity contribution in [1.29, 1.82) is 0 Å². The van der Waals surface area contributed by atoms with Crippen molar-refractivity contribution in [3.8, 4) is 0 Å². The zero-order valence-electron chi connectivity index (χ0n) is 8.51. The third-order valence-electron chi connectivity index (χ3n) is 2.78. The number of carbonyl (C=O) groups is 1. The Bertz CT molecular complexity index is 183. The predicted octanol–water partition coefficient (Wildman–Crippen LogP) is 1.60. The Hall–Kier alpha value is -0.570. The Labute approximate surface area is 79.6 Å². The lowest BCUT2D eigenvalue weighted by Crippen LogP contribution is -2.46. The van der Waals surface area contributed by atoms with E-state index < -0.39 is 5.54 Å². The minimum Gasteiger partial charge on any atom is -0.461 e. The number of hydrogen-bond acceptors (Lipinski definition) is 3. The molecule has 76 valence electrons. The normalized spacial score (nSPS) is 22.7. The van der Waals surface area contributed by atoms with Gasteiger partial charge in [0, 0.05) is 0 Å². The van der Waals surface area contributed by atoms with Gasteiger partial charge in [0.1, 0.15) is 11.6 Å². The summed E-state index contributed by atoms with van der Waals surface area (Å²) in [5, 5.41) is 0. The Balaban J connectivity index is 2.39. The lowest BCUT2D eigenvalue weighted by molar-refractivity contribution is -0.154. The Morgan fingerprint density at radius 2 is 2.08 bits per heavy atom. The highest BCUT2D eigenvalue weighted by Crippen LogP contribution is 2.22. The summed E-state index contributed by atoms with van der Waals surface area (Å²) in [5.41, 5.74) is 4.96. The van der Waals surface area contributed by atoms with Crippen LogP contribution >= 0.6 is 0 Å². The van der Waals surface area contributed by atoms with Gasteiger partial charge in [-0.2, -0.15) is 0 Å². The molecule has 2 N–H and O–H groups in total. The van der Waals surface area contributed by atoms with Gasteiger partial charge in [-0.1, -0.05) is 6.92 Å². The van der Waals surface area contributed by atoms with Crippen LogP contribution in [0.3, 0.4) is 0 Å². The fourth-order valence-electron chi connectivity index (χ4n) is 1.44. The number of hydrogen-bond donors (Lipinski definition) is 1. The van der Waals surface area contributed by atoms with Gasteiger partial charge in [0.2, 0.25) is 0 Å². The summed E-state index contributed by atoms with van der Waals surface area (Å²) >= 11 is 0. The van der Waals surface area contributed by atoms with Crippen molar-refractivity contribution in [3.05, 3.63) is 0 Å². The largest absolute Gasteiger partial charge is 0.461 e. The van der Waals surface area contributed by atoms with Gasteiger partial charge in [0.05, 0.1) is 0 Å². The first-order valence-corrected chi connectivity index (χ1v) is 5.06. The molecule has 0 aromatic carbocycles. The molecule has 0 aromatic heterocycles. The van der Waals surface area contributed by atoms with Gasteiger partial charge >= 0.3 is 5.97 Å². The minimum absolute atomic E-state index is 0.127. The Morgan fingerprint density at radius 1 is 1.54 bits per heavy atom. The fraction of sp³-hybridized carbons (Fsp3) is 0.900. The van der Waals surface area contributed by atoms with Crippen LogP contribution in [0.5, 0.6) is 0 Å². The summed E-state index contributed by atoms with van der Waals surface area (Å²) in [6.45, 7) is 3.63. The smallest absolute Gasteiger partial charge is 0.326 e. The van der Waals surface area contributed by atoms with Crippen molar-refractivity contribution in [3.63, 3.8) is 0 Å². The van der Waals surface area contributed by atoms with E-state index in [1.807, 2.05) is 6.92 Å². The first-order chi connectivity index (χ1) is 6.06. The summed E-state index contributed by atoms with van der Waals surface area (Å²) in [4.78, 5) is 11.5. The molecule has 3 nitrogen and oxygen atoms in total. The van der Waals surface area contributed by atoms with Crippen LogP contribution in [0.25, 0.3) is 0 Å². The fourth-order valence-corrected chi connectivity index (χ4v) is 1.44. The van der Waals surface area contributed by atoms with Crippen LogP contribution < -0.4 is 5.73 Å². The highest BCUT2D eigenvalue weighted by Gasteiger charge is 2.30. The van der Waals surface area contributed by atoms with Gasteiger partial charge in [0.25, 0.3) is 0 Å². The monoisotopic (exact) mass is 185 g/mol. The maximum Gasteiger partial charge on any atom is 0.326 e. The van der Waals surface area contributed by atoms with Crippen LogP contribution in [0, 0.1) is 0 Å². The van der Waals surface area contributed by atoms with E-state index in [0.717, 1.165) is 12.8 Å². The molecule has 13 heavy (non-hydrogen) atoms. The van der Waals surface area contributed by atoms with Crippen LogP contribution in [0.4, 0.5) is 0 Å². The Morgan fingerprint density at radius 3 is 2.54 bits per heavy atom. The molecule has 0 aliphatic heterocycles. The van der Waals surface area contributed by atoms with Crippen molar-refractivity contribution in [2.24, 2.45) is 5.73 Å². The highest BCUT2D eigenvalue weighted by atomic mass is 16.5. The van der Waals surface area contributed by atoms with E-state index in [2.05, 4.69) is 0 Å². The Kier molecular flexibility index (Phi) is 3.31. The van der Waals surface area contributed by atoms with Gasteiger partial charge in [-0.3, -0.25) is 4.79 Å². The van der Waals surface area contributed by atoms with E-state index in [4.69, 9.17) is 10.5 Å². The second-order valence-corrected chi connectivity index (χ2v) is 4.08. The maximum atomic E-state index is 11.5. The molecule has 1 aliphatic rings. The SMILES string of the molecule is CC[C@](C)(N)C(=O)OC1CCCC1. The van der Waals surface area contributed by atoms with Crippen molar-refractivity contribution in [2.45, 2.75) is 57.6 Å². The minimum atomic E-state index is -0.803. The number of ether oxygens (including phenoxy) is 1. The summed E-state index contributed by atoms with van der Waals surface area (Å²) in [6, 6.07) is 0. The molecule has 0 aromatic rings. The molecule has 0 bridgehead atoms. The highest BCUT2D eigenvalue weighted by molar-refractivity contribution is 5.80. The van der Waals surface area contributed by atoms with Gasteiger partial charge < -0.3 is 10.5 Å². The van der Waals surface area contributed by atoms with Crippen LogP contribution in [-0.4, -0.2) is 17.6 Å². The summed E-state index contributed by atoms with van der Waals surface area (Å²) in [5.74, 6) is -0.248. The summed E-state index contributed by atoms with van der Waals surface area (Å²) in [6.07, 6.45) is 5.11. The molecule has 0 radical (unpaired) electrons. The van der Waals surface area contributed by atoms with E-state index in [0.29, 0.717) is 6.42 Å². The molecule has 0 unspecified atom stereocenters. The molecule has 1 aliphatic carbocycles. The average Bonchev–Trinajstić information content (AvgIpc) is 2.57. The standard InChI is InChI=1S/C10H19NO2/c1-3-10(2,11)9(12)13-8-6-4-5-7-8/h8H,3-7,11H2,1-2H3/t10-/m0/s1. The van der Waals surface area contributed by atoms with Crippen molar-refractivity contribution in [2.75, 3.05) is 0 Å². The molecule has 0 heterocycles. The van der Waals surface area contributed by atoms with Gasteiger partial charge in [-0.25, -0.2) is 0 Å². The maximum absolute atomic E-state index is 11.5. The molecule has 1 atom stereocenters. The third kappa shape index (κ3) is 2.69. The molecule has 1 fully saturated rings. The van der Waals surface area contributed by atoms with Crippen molar-refractivity contribution < 1.29 is 9.53 Å². The molecule has 0 amide bonds. The quantitative estimate of drug-likeness (QED) is 0.679. The van der Waals surface area contributed by atoms with Crippen LogP contribution in [0.1, 0.15) is 46.0 Å². The molecule has 0 spiro atoms. The second-order valence-electron chi connectivity index (χ2n) is 4.08. The topological polar surface area (TPSA) is 52.3 Å². The van der Waals surface area contributed by atoms with E-state index in [9.17, 15) is 4.79 Å². The third-order valence-corrected chi connectivity index (χ3v) is 2.78. The number of esters is 1. The van der Waals surface area contributed by atoms with Crippen molar-refractivity contribution >= 4 is 5.97 Å². The van der Waals surface area contributed by atoms with E-state index in [1.165, 1.54) is 12.8 Å². The van der Waals surface area contributed by atoms with Crippen LogP contribution in [0.15, 0.2) is 0 Å². The predicted molar refractivity (Wildman–Crippen MR) is 51.2 cm³/mol. The van der Waals surface area contributed by atoms with E-state index >= 15 is 0 Å². The first-order valence-electron chi connectivity index (χ1n) is 5.06. The zero-order chi connectivity index (χ0) is 9.90. The lowest BCUT2D eigenvalue weighted by atomic mass is 10.0. The van der Waals surface area contributed by atoms with Crippen LogP contribution in [0.2, 0.25) is 0 Å². The molecule has 3 heteroatoms. The first kappa shape index (κ1) is 10.5. The average molecular weight is 185 g/mol. The second kappa shape index (κ2) is 4.09. The van der Waals surface area contributed by atoms with E-state index in [1.54, 1.807) is 6.92 Å². The molecule has 0 saturated heterocycles. The molecule has 1 saturated carbocycles. The molecular weight excluding hydrogens is 166 g/mol. The zero-order valence-corrected chi connectivity index (χ0v) is 8.51. The summed E-state index contributed by atoms with van der Waals surface area (Å²) < 4.78 is 5.30. The van der Waals surface area contributed by atoms with Crippen LogP contribution in [-0.2, 0) is 9.53 Å².